The second kappa shape index (κ2) is 5.95. The molecule has 0 aliphatic heterocycles. The van der Waals surface area contributed by atoms with E-state index in [1.807, 2.05) is 45.0 Å². The molecular formula is C17H21NO2. The maximum absolute atomic E-state index is 12.0. The summed E-state index contributed by atoms with van der Waals surface area (Å²) >= 11 is 0. The zero-order valence-electron chi connectivity index (χ0n) is 12.5. The van der Waals surface area contributed by atoms with Gasteiger partial charge in [-0.1, -0.05) is 30.3 Å². The molecule has 3 heteroatoms. The minimum absolute atomic E-state index is 0.194. The molecular weight excluding hydrogens is 250 g/mol. The van der Waals surface area contributed by atoms with Crippen molar-refractivity contribution >= 4 is 5.97 Å². The minimum Gasteiger partial charge on any atom is -0.462 e. The van der Waals surface area contributed by atoms with Crippen molar-refractivity contribution < 1.29 is 9.53 Å². The molecule has 0 spiro atoms. The fourth-order valence-corrected chi connectivity index (χ4v) is 2.67. The molecule has 0 aliphatic rings. The van der Waals surface area contributed by atoms with Gasteiger partial charge in [0.25, 0.3) is 0 Å². The molecule has 20 heavy (non-hydrogen) atoms. The predicted molar refractivity (Wildman–Crippen MR) is 80.1 cm³/mol. The molecule has 0 N–H and O–H groups in total. The zero-order valence-corrected chi connectivity index (χ0v) is 12.5. The molecule has 2 rings (SSSR count). The summed E-state index contributed by atoms with van der Waals surface area (Å²) in [4.78, 5) is 12.0. The summed E-state index contributed by atoms with van der Waals surface area (Å²) < 4.78 is 7.29. The Kier molecular flexibility index (Phi) is 4.28. The van der Waals surface area contributed by atoms with Crippen LogP contribution < -0.4 is 0 Å². The van der Waals surface area contributed by atoms with Crippen LogP contribution in [0.15, 0.2) is 36.4 Å². The standard InChI is InChI=1S/C17H21NO2/c1-5-20-17(19)16-11-12(2)18(14(16)4)13(3)15-9-7-6-8-10-15/h6-11,13H,5H2,1-4H3. The lowest BCUT2D eigenvalue weighted by Crippen LogP contribution is -2.12. The van der Waals surface area contributed by atoms with Crippen LogP contribution in [0, 0.1) is 13.8 Å². The van der Waals surface area contributed by atoms with Crippen LogP contribution in [-0.4, -0.2) is 17.1 Å². The highest BCUT2D eigenvalue weighted by Gasteiger charge is 2.20. The van der Waals surface area contributed by atoms with E-state index in [0.717, 1.165) is 11.4 Å². The zero-order chi connectivity index (χ0) is 14.7. The summed E-state index contributed by atoms with van der Waals surface area (Å²) in [5.74, 6) is -0.243. The summed E-state index contributed by atoms with van der Waals surface area (Å²) in [5, 5.41) is 0. The molecule has 0 radical (unpaired) electrons. The van der Waals surface area contributed by atoms with E-state index in [-0.39, 0.29) is 12.0 Å². The Morgan fingerprint density at radius 1 is 1.25 bits per heavy atom. The Bertz CT molecular complexity index is 599. The number of aromatic nitrogens is 1. The Labute approximate surface area is 120 Å². The number of hydrogen-bond donors (Lipinski definition) is 0. The Balaban J connectivity index is 2.40. The highest BCUT2D eigenvalue weighted by atomic mass is 16.5. The number of benzene rings is 1. The summed E-state index contributed by atoms with van der Waals surface area (Å²) in [6.45, 7) is 8.36. The van der Waals surface area contributed by atoms with Crippen LogP contribution in [0.1, 0.15) is 47.2 Å². The molecule has 106 valence electrons. The lowest BCUT2D eigenvalue weighted by atomic mass is 10.1. The van der Waals surface area contributed by atoms with Gasteiger partial charge in [-0.25, -0.2) is 4.79 Å². The van der Waals surface area contributed by atoms with E-state index in [4.69, 9.17) is 4.74 Å². The van der Waals surface area contributed by atoms with Crippen molar-refractivity contribution in [2.45, 2.75) is 33.7 Å². The first-order valence-electron chi connectivity index (χ1n) is 6.96. The van der Waals surface area contributed by atoms with Crippen LogP contribution in [0.5, 0.6) is 0 Å². The van der Waals surface area contributed by atoms with E-state index >= 15 is 0 Å². The monoisotopic (exact) mass is 271 g/mol. The molecule has 0 amide bonds. The van der Waals surface area contributed by atoms with Gasteiger partial charge in [0.1, 0.15) is 0 Å². The van der Waals surface area contributed by atoms with Crippen molar-refractivity contribution in [3.63, 3.8) is 0 Å². The van der Waals surface area contributed by atoms with E-state index in [1.165, 1.54) is 5.56 Å². The number of esters is 1. The second-order valence-electron chi connectivity index (χ2n) is 4.96. The average Bonchev–Trinajstić information content (AvgIpc) is 2.75. The van der Waals surface area contributed by atoms with Crippen molar-refractivity contribution in [3.8, 4) is 0 Å². The van der Waals surface area contributed by atoms with E-state index in [1.54, 1.807) is 0 Å². The molecule has 1 aromatic heterocycles. The lowest BCUT2D eigenvalue weighted by Gasteiger charge is -2.19. The predicted octanol–water partition coefficient (Wildman–Crippen LogP) is 3.89. The van der Waals surface area contributed by atoms with Gasteiger partial charge in [-0.3, -0.25) is 0 Å². The normalized spacial score (nSPS) is 12.2. The SMILES string of the molecule is CCOC(=O)c1cc(C)n(C(C)c2ccccc2)c1C. The van der Waals surface area contributed by atoms with Gasteiger partial charge >= 0.3 is 5.97 Å². The molecule has 1 heterocycles. The highest BCUT2D eigenvalue weighted by molar-refractivity contribution is 5.91. The fraction of sp³-hybridized carbons (Fsp3) is 0.353. The van der Waals surface area contributed by atoms with Gasteiger partial charge < -0.3 is 9.30 Å². The number of nitrogens with zero attached hydrogens (tertiary/aromatic N) is 1. The first kappa shape index (κ1) is 14.4. The van der Waals surface area contributed by atoms with Gasteiger partial charge in [0, 0.05) is 11.4 Å². The lowest BCUT2D eigenvalue weighted by molar-refractivity contribution is 0.0525. The maximum atomic E-state index is 12.0. The van der Waals surface area contributed by atoms with Gasteiger partial charge in [0.2, 0.25) is 0 Å². The maximum Gasteiger partial charge on any atom is 0.339 e. The number of carbonyl (C=O) groups is 1. The summed E-state index contributed by atoms with van der Waals surface area (Å²) in [6, 6.07) is 12.4. The molecule has 0 saturated heterocycles. The van der Waals surface area contributed by atoms with Crippen LogP contribution in [0.4, 0.5) is 0 Å². The van der Waals surface area contributed by atoms with Gasteiger partial charge in [-0.05, 0) is 39.3 Å². The first-order chi connectivity index (χ1) is 9.56. The Morgan fingerprint density at radius 3 is 2.50 bits per heavy atom. The molecule has 1 atom stereocenters. The topological polar surface area (TPSA) is 31.2 Å². The Morgan fingerprint density at radius 2 is 1.90 bits per heavy atom. The average molecular weight is 271 g/mol. The largest absolute Gasteiger partial charge is 0.462 e. The van der Waals surface area contributed by atoms with E-state index in [0.29, 0.717) is 12.2 Å². The number of aryl methyl sites for hydroxylation is 1. The third kappa shape index (κ3) is 2.62. The highest BCUT2D eigenvalue weighted by Crippen LogP contribution is 2.25. The van der Waals surface area contributed by atoms with Crippen molar-refractivity contribution in [1.29, 1.82) is 0 Å². The Hall–Kier alpha value is -2.03. The van der Waals surface area contributed by atoms with Gasteiger partial charge in [-0.2, -0.15) is 0 Å². The summed E-state index contributed by atoms with van der Waals surface area (Å²) in [6.07, 6.45) is 0. The minimum atomic E-state index is -0.243. The molecule has 3 nitrogen and oxygen atoms in total. The number of ether oxygens (including phenoxy) is 1. The second-order valence-corrected chi connectivity index (χ2v) is 4.96. The van der Waals surface area contributed by atoms with Gasteiger partial charge in [-0.15, -0.1) is 0 Å². The number of carbonyl (C=O) groups excluding carboxylic acids is 1. The third-order valence-corrected chi connectivity index (χ3v) is 3.65. The van der Waals surface area contributed by atoms with Crippen molar-refractivity contribution in [3.05, 3.63) is 58.9 Å². The van der Waals surface area contributed by atoms with Crippen LogP contribution in [0.3, 0.4) is 0 Å². The number of rotatable bonds is 4. The summed E-state index contributed by atoms with van der Waals surface area (Å²) in [7, 11) is 0. The molecule has 0 bridgehead atoms. The van der Waals surface area contributed by atoms with Crippen molar-refractivity contribution in [2.24, 2.45) is 0 Å². The van der Waals surface area contributed by atoms with Gasteiger partial charge in [0.05, 0.1) is 18.2 Å². The van der Waals surface area contributed by atoms with E-state index in [2.05, 4.69) is 23.6 Å². The molecule has 1 aromatic carbocycles. The van der Waals surface area contributed by atoms with Crippen LogP contribution >= 0.6 is 0 Å². The third-order valence-electron chi connectivity index (χ3n) is 3.65. The van der Waals surface area contributed by atoms with Crippen LogP contribution in [-0.2, 0) is 4.74 Å². The van der Waals surface area contributed by atoms with Crippen LogP contribution in [0.25, 0.3) is 0 Å². The first-order valence-corrected chi connectivity index (χ1v) is 6.96. The molecule has 0 saturated carbocycles. The van der Waals surface area contributed by atoms with Crippen molar-refractivity contribution in [2.75, 3.05) is 6.61 Å². The molecule has 0 aliphatic carbocycles. The van der Waals surface area contributed by atoms with Gasteiger partial charge in [0.15, 0.2) is 0 Å². The quantitative estimate of drug-likeness (QED) is 0.790. The van der Waals surface area contributed by atoms with Crippen LogP contribution in [0.2, 0.25) is 0 Å². The molecule has 2 aromatic rings. The van der Waals surface area contributed by atoms with Crippen molar-refractivity contribution in [1.82, 2.24) is 4.57 Å². The van der Waals surface area contributed by atoms with E-state index < -0.39 is 0 Å². The summed E-state index contributed by atoms with van der Waals surface area (Å²) in [5.41, 5.74) is 3.91. The van der Waals surface area contributed by atoms with E-state index in [9.17, 15) is 4.79 Å². The molecule has 1 unspecified atom stereocenters. The molecule has 0 fully saturated rings. The fourth-order valence-electron chi connectivity index (χ4n) is 2.67. The number of hydrogen-bond acceptors (Lipinski definition) is 2. The smallest absolute Gasteiger partial charge is 0.339 e.